The smallest absolute Gasteiger partial charge is 0.174 e. The van der Waals surface area contributed by atoms with Crippen LogP contribution in [0.3, 0.4) is 0 Å². The van der Waals surface area contributed by atoms with Crippen molar-refractivity contribution in [3.63, 3.8) is 0 Å². The van der Waals surface area contributed by atoms with Gasteiger partial charge in [0.1, 0.15) is 5.82 Å². The number of nitrogens with one attached hydrogen (secondary N) is 1. The van der Waals surface area contributed by atoms with Gasteiger partial charge >= 0.3 is 0 Å². The van der Waals surface area contributed by atoms with Gasteiger partial charge in [-0.15, -0.1) is 11.8 Å². The highest BCUT2D eigenvalue weighted by molar-refractivity contribution is 8.00. The summed E-state index contributed by atoms with van der Waals surface area (Å²) < 4.78 is 12.7. The van der Waals surface area contributed by atoms with E-state index in [-0.39, 0.29) is 11.6 Å². The van der Waals surface area contributed by atoms with Crippen LogP contribution in [0.4, 0.5) is 4.39 Å². The Hall–Kier alpha value is -1.55. The SMILES string of the molecule is Cc1cc(C(=O)CSc2ccc(F)cc2)c(C)[nH]1. The number of carbonyl (C=O) groups is 1. The Balaban J connectivity index is 2.00. The fourth-order valence-electron chi connectivity index (χ4n) is 1.77. The summed E-state index contributed by atoms with van der Waals surface area (Å²) >= 11 is 1.42. The number of rotatable bonds is 4. The van der Waals surface area contributed by atoms with Gasteiger partial charge in [-0.2, -0.15) is 0 Å². The first-order valence-corrected chi connectivity index (χ1v) is 6.62. The van der Waals surface area contributed by atoms with Crippen LogP contribution in [-0.2, 0) is 0 Å². The second kappa shape index (κ2) is 5.40. The van der Waals surface area contributed by atoms with Crippen molar-refractivity contribution in [2.75, 3.05) is 5.75 Å². The topological polar surface area (TPSA) is 32.9 Å². The maximum absolute atomic E-state index is 12.7. The largest absolute Gasteiger partial charge is 0.362 e. The standard InChI is InChI=1S/C14H14FNOS/c1-9-7-13(10(2)16-9)14(17)8-18-12-5-3-11(15)4-6-12/h3-7,16H,8H2,1-2H3. The van der Waals surface area contributed by atoms with Crippen LogP contribution in [0.1, 0.15) is 21.7 Å². The molecule has 1 aromatic heterocycles. The normalized spacial score (nSPS) is 10.6. The number of Topliss-reactive ketones (excluding diaryl/α,β-unsaturated/α-hetero) is 1. The lowest BCUT2D eigenvalue weighted by Gasteiger charge is -2.01. The first-order valence-electron chi connectivity index (χ1n) is 5.64. The Morgan fingerprint density at radius 2 is 1.94 bits per heavy atom. The van der Waals surface area contributed by atoms with Gasteiger partial charge in [-0.3, -0.25) is 4.79 Å². The van der Waals surface area contributed by atoms with Crippen LogP contribution in [0.15, 0.2) is 35.2 Å². The molecule has 2 aromatic rings. The molecular formula is C14H14FNOS. The van der Waals surface area contributed by atoms with Crippen molar-refractivity contribution in [1.82, 2.24) is 4.98 Å². The van der Waals surface area contributed by atoms with Gasteiger partial charge in [-0.05, 0) is 44.2 Å². The van der Waals surface area contributed by atoms with Gasteiger partial charge in [0.2, 0.25) is 0 Å². The van der Waals surface area contributed by atoms with E-state index in [1.165, 1.54) is 23.9 Å². The van der Waals surface area contributed by atoms with Crippen molar-refractivity contribution < 1.29 is 9.18 Å². The van der Waals surface area contributed by atoms with Crippen molar-refractivity contribution in [3.05, 3.63) is 53.1 Å². The van der Waals surface area contributed by atoms with Crippen molar-refractivity contribution >= 4 is 17.5 Å². The predicted molar refractivity (Wildman–Crippen MR) is 71.7 cm³/mol. The lowest BCUT2D eigenvalue weighted by Crippen LogP contribution is -2.02. The fraction of sp³-hybridized carbons (Fsp3) is 0.214. The molecule has 94 valence electrons. The molecule has 0 spiro atoms. The molecule has 0 saturated heterocycles. The zero-order chi connectivity index (χ0) is 13.1. The van der Waals surface area contributed by atoms with Gasteiger partial charge in [0.15, 0.2) is 5.78 Å². The molecule has 1 heterocycles. The number of ketones is 1. The Kier molecular flexibility index (Phi) is 3.87. The monoisotopic (exact) mass is 263 g/mol. The number of carbonyl (C=O) groups excluding carboxylic acids is 1. The average Bonchev–Trinajstić information content (AvgIpc) is 2.67. The minimum absolute atomic E-state index is 0.0891. The summed E-state index contributed by atoms with van der Waals surface area (Å²) in [4.78, 5) is 16.0. The minimum Gasteiger partial charge on any atom is -0.362 e. The van der Waals surface area contributed by atoms with E-state index in [9.17, 15) is 9.18 Å². The summed E-state index contributed by atoms with van der Waals surface area (Å²) in [6.07, 6.45) is 0. The highest BCUT2D eigenvalue weighted by Crippen LogP contribution is 2.20. The number of aromatic nitrogens is 1. The molecule has 0 aliphatic rings. The van der Waals surface area contributed by atoms with E-state index >= 15 is 0 Å². The molecule has 2 rings (SSSR count). The minimum atomic E-state index is -0.261. The molecule has 2 nitrogen and oxygen atoms in total. The Labute approximate surface area is 110 Å². The Bertz CT molecular complexity index is 560. The van der Waals surface area contributed by atoms with E-state index in [1.807, 2.05) is 19.9 Å². The molecule has 1 aromatic carbocycles. The molecular weight excluding hydrogens is 249 g/mol. The maximum atomic E-state index is 12.7. The van der Waals surface area contributed by atoms with Crippen LogP contribution in [0.25, 0.3) is 0 Å². The summed E-state index contributed by atoms with van der Waals surface area (Å²) in [6.45, 7) is 3.82. The third kappa shape index (κ3) is 3.01. The van der Waals surface area contributed by atoms with E-state index in [2.05, 4.69) is 4.98 Å². The van der Waals surface area contributed by atoms with Gasteiger partial charge in [0, 0.05) is 21.8 Å². The Morgan fingerprint density at radius 1 is 1.28 bits per heavy atom. The highest BCUT2D eigenvalue weighted by atomic mass is 32.2. The van der Waals surface area contributed by atoms with Crippen LogP contribution < -0.4 is 0 Å². The van der Waals surface area contributed by atoms with Crippen LogP contribution in [0, 0.1) is 19.7 Å². The van der Waals surface area contributed by atoms with Crippen molar-refractivity contribution in [2.45, 2.75) is 18.7 Å². The van der Waals surface area contributed by atoms with Gasteiger partial charge in [0.05, 0.1) is 5.75 Å². The molecule has 1 N–H and O–H groups in total. The van der Waals surface area contributed by atoms with Crippen LogP contribution in [0.5, 0.6) is 0 Å². The molecule has 0 aliphatic heterocycles. The average molecular weight is 263 g/mol. The van der Waals surface area contributed by atoms with Crippen LogP contribution in [0.2, 0.25) is 0 Å². The van der Waals surface area contributed by atoms with Crippen LogP contribution in [-0.4, -0.2) is 16.5 Å². The van der Waals surface area contributed by atoms with Crippen molar-refractivity contribution in [1.29, 1.82) is 0 Å². The number of thioether (sulfide) groups is 1. The molecule has 0 amide bonds. The predicted octanol–water partition coefficient (Wildman–Crippen LogP) is 3.75. The summed E-state index contributed by atoms with van der Waals surface area (Å²) in [5.41, 5.74) is 2.63. The number of halogens is 1. The molecule has 0 aliphatic carbocycles. The Morgan fingerprint density at radius 3 is 2.50 bits per heavy atom. The first-order chi connectivity index (χ1) is 8.56. The number of H-pyrrole nitrogens is 1. The number of hydrogen-bond donors (Lipinski definition) is 1. The fourth-order valence-corrected chi connectivity index (χ4v) is 2.55. The number of aryl methyl sites for hydroxylation is 2. The van der Waals surface area contributed by atoms with Gasteiger partial charge in [0.25, 0.3) is 0 Å². The quantitative estimate of drug-likeness (QED) is 0.673. The zero-order valence-electron chi connectivity index (χ0n) is 10.3. The molecule has 4 heteroatoms. The number of aromatic amines is 1. The summed E-state index contributed by atoms with van der Waals surface area (Å²) in [6, 6.07) is 8.03. The van der Waals surface area contributed by atoms with E-state index in [4.69, 9.17) is 0 Å². The van der Waals surface area contributed by atoms with E-state index < -0.39 is 0 Å². The second-order valence-electron chi connectivity index (χ2n) is 4.16. The van der Waals surface area contributed by atoms with E-state index in [0.717, 1.165) is 21.8 Å². The molecule has 0 atom stereocenters. The molecule has 0 bridgehead atoms. The molecule has 0 radical (unpaired) electrons. The second-order valence-corrected chi connectivity index (χ2v) is 5.21. The summed E-state index contributed by atoms with van der Waals surface area (Å²) in [5.74, 6) is 0.193. The highest BCUT2D eigenvalue weighted by Gasteiger charge is 2.11. The van der Waals surface area contributed by atoms with Gasteiger partial charge < -0.3 is 4.98 Å². The lowest BCUT2D eigenvalue weighted by atomic mass is 10.2. The third-order valence-electron chi connectivity index (χ3n) is 2.63. The van der Waals surface area contributed by atoms with Crippen molar-refractivity contribution in [3.8, 4) is 0 Å². The molecule has 0 unspecified atom stereocenters. The first kappa shape index (κ1) is 12.9. The molecule has 18 heavy (non-hydrogen) atoms. The van der Waals surface area contributed by atoms with Crippen LogP contribution >= 0.6 is 11.8 Å². The van der Waals surface area contributed by atoms with Gasteiger partial charge in [-0.25, -0.2) is 4.39 Å². The number of benzene rings is 1. The lowest BCUT2D eigenvalue weighted by molar-refractivity contribution is 0.102. The third-order valence-corrected chi connectivity index (χ3v) is 3.65. The van der Waals surface area contributed by atoms with E-state index in [0.29, 0.717) is 5.75 Å². The molecule has 0 saturated carbocycles. The molecule has 0 fully saturated rings. The number of hydrogen-bond acceptors (Lipinski definition) is 2. The maximum Gasteiger partial charge on any atom is 0.174 e. The van der Waals surface area contributed by atoms with Gasteiger partial charge in [-0.1, -0.05) is 0 Å². The van der Waals surface area contributed by atoms with Crippen molar-refractivity contribution in [2.24, 2.45) is 0 Å². The zero-order valence-corrected chi connectivity index (χ0v) is 11.1. The van der Waals surface area contributed by atoms with E-state index in [1.54, 1.807) is 12.1 Å². The summed E-state index contributed by atoms with van der Waals surface area (Å²) in [7, 11) is 0. The summed E-state index contributed by atoms with van der Waals surface area (Å²) in [5, 5.41) is 0.